The second-order valence-corrected chi connectivity index (χ2v) is 9.03. The Morgan fingerprint density at radius 2 is 1.96 bits per heavy atom. The molecule has 1 aromatic rings. The van der Waals surface area contributed by atoms with Gasteiger partial charge in [0.15, 0.2) is 0 Å². The molecule has 146 valence electrons. The molecule has 4 heteroatoms. The van der Waals surface area contributed by atoms with Gasteiger partial charge in [-0.25, -0.2) is 0 Å². The molecular formula is C22H35NO3. The molecule has 4 nitrogen and oxygen atoms in total. The van der Waals surface area contributed by atoms with Gasteiger partial charge >= 0.3 is 0 Å². The highest BCUT2D eigenvalue weighted by Gasteiger charge is 2.61. The van der Waals surface area contributed by atoms with E-state index in [9.17, 15) is 10.2 Å². The molecule has 2 aliphatic rings. The number of hydrogen-bond donors (Lipinski definition) is 2. The maximum Gasteiger partial charge on any atom is 0.0900 e. The van der Waals surface area contributed by atoms with Crippen molar-refractivity contribution in [3.8, 4) is 0 Å². The summed E-state index contributed by atoms with van der Waals surface area (Å²) in [6.45, 7) is 9.41. The molecule has 0 saturated heterocycles. The zero-order valence-electron chi connectivity index (χ0n) is 16.5. The van der Waals surface area contributed by atoms with Crippen molar-refractivity contribution in [1.29, 1.82) is 0 Å². The normalized spacial score (nSPS) is 30.8. The minimum Gasteiger partial charge on any atom is -0.395 e. The summed E-state index contributed by atoms with van der Waals surface area (Å²) in [5, 5.41) is 19.9. The van der Waals surface area contributed by atoms with Gasteiger partial charge < -0.3 is 14.9 Å². The van der Waals surface area contributed by atoms with Crippen molar-refractivity contribution in [2.45, 2.75) is 58.8 Å². The Morgan fingerprint density at radius 3 is 2.54 bits per heavy atom. The van der Waals surface area contributed by atoms with E-state index in [0.29, 0.717) is 25.1 Å². The van der Waals surface area contributed by atoms with Crippen molar-refractivity contribution in [3.63, 3.8) is 0 Å². The summed E-state index contributed by atoms with van der Waals surface area (Å²) in [6, 6.07) is 10.2. The number of fused-ring (bicyclic) bond motifs is 2. The Labute approximate surface area is 158 Å². The van der Waals surface area contributed by atoms with Crippen LogP contribution in [0.25, 0.3) is 0 Å². The molecule has 0 radical (unpaired) electrons. The van der Waals surface area contributed by atoms with E-state index in [4.69, 9.17) is 4.74 Å². The van der Waals surface area contributed by atoms with E-state index in [1.54, 1.807) is 0 Å². The van der Waals surface area contributed by atoms with Crippen LogP contribution < -0.4 is 0 Å². The van der Waals surface area contributed by atoms with Crippen LogP contribution in [0.2, 0.25) is 0 Å². The lowest BCUT2D eigenvalue weighted by molar-refractivity contribution is -0.0800. The van der Waals surface area contributed by atoms with Gasteiger partial charge in [0.05, 0.1) is 25.4 Å². The van der Waals surface area contributed by atoms with Crippen LogP contribution in [0.3, 0.4) is 0 Å². The maximum atomic E-state index is 10.5. The number of aliphatic hydroxyl groups excluding tert-OH is 2. The van der Waals surface area contributed by atoms with Gasteiger partial charge in [-0.3, -0.25) is 4.90 Å². The number of hydrogen-bond acceptors (Lipinski definition) is 4. The third kappa shape index (κ3) is 3.84. The van der Waals surface area contributed by atoms with Crippen LogP contribution in [0.1, 0.15) is 45.6 Å². The fraction of sp³-hybridized carbons (Fsp3) is 0.727. The Morgan fingerprint density at radius 1 is 1.23 bits per heavy atom. The highest BCUT2D eigenvalue weighted by molar-refractivity contribution is 5.14. The number of rotatable bonds is 9. The quantitative estimate of drug-likeness (QED) is 0.710. The van der Waals surface area contributed by atoms with E-state index >= 15 is 0 Å². The molecule has 2 bridgehead atoms. The summed E-state index contributed by atoms with van der Waals surface area (Å²) >= 11 is 0. The number of benzene rings is 1. The molecule has 0 amide bonds. The van der Waals surface area contributed by atoms with Crippen LogP contribution >= 0.6 is 0 Å². The first-order valence-corrected chi connectivity index (χ1v) is 10.0. The van der Waals surface area contributed by atoms with Crippen LogP contribution in [0, 0.1) is 16.7 Å². The summed E-state index contributed by atoms with van der Waals surface area (Å²) in [5.74, 6) is 0.749. The fourth-order valence-electron chi connectivity index (χ4n) is 5.18. The van der Waals surface area contributed by atoms with Gasteiger partial charge in [-0.05, 0) is 41.6 Å². The Kier molecular flexibility index (Phi) is 6.07. The summed E-state index contributed by atoms with van der Waals surface area (Å²) in [7, 11) is 0. The molecule has 0 spiro atoms. The first-order chi connectivity index (χ1) is 12.4. The van der Waals surface area contributed by atoms with Gasteiger partial charge in [-0.2, -0.15) is 0 Å². The van der Waals surface area contributed by atoms with Gasteiger partial charge in [0, 0.05) is 19.6 Å². The highest BCUT2D eigenvalue weighted by atomic mass is 16.5. The molecule has 3 rings (SSSR count). The Balaban J connectivity index is 1.50. The monoisotopic (exact) mass is 361 g/mol. The summed E-state index contributed by atoms with van der Waals surface area (Å²) in [4.78, 5) is 2.09. The van der Waals surface area contributed by atoms with E-state index in [-0.39, 0.29) is 18.1 Å². The molecule has 0 aliphatic heterocycles. The van der Waals surface area contributed by atoms with Crippen molar-refractivity contribution in [2.75, 3.05) is 26.3 Å². The first kappa shape index (κ1) is 19.8. The summed E-state index contributed by atoms with van der Waals surface area (Å²) < 4.78 is 6.23. The largest absolute Gasteiger partial charge is 0.395 e. The predicted molar refractivity (Wildman–Crippen MR) is 104 cm³/mol. The van der Waals surface area contributed by atoms with Gasteiger partial charge in [-0.1, -0.05) is 51.1 Å². The summed E-state index contributed by atoms with van der Waals surface area (Å²) in [6.07, 6.45) is 3.40. The van der Waals surface area contributed by atoms with Crippen LogP contribution in [-0.4, -0.2) is 53.6 Å². The van der Waals surface area contributed by atoms with Crippen LogP contribution in [-0.2, 0) is 11.3 Å². The third-order valence-electron chi connectivity index (χ3n) is 7.34. The summed E-state index contributed by atoms with van der Waals surface area (Å²) in [5.41, 5.74) is 1.75. The molecular weight excluding hydrogens is 326 g/mol. The van der Waals surface area contributed by atoms with Crippen LogP contribution in [0.4, 0.5) is 0 Å². The van der Waals surface area contributed by atoms with Gasteiger partial charge in [0.2, 0.25) is 0 Å². The molecule has 26 heavy (non-hydrogen) atoms. The minimum absolute atomic E-state index is 0.0942. The highest BCUT2D eigenvalue weighted by Crippen LogP contribution is 2.66. The van der Waals surface area contributed by atoms with Crippen molar-refractivity contribution >= 4 is 0 Å². The zero-order chi connectivity index (χ0) is 18.8. The van der Waals surface area contributed by atoms with E-state index in [1.165, 1.54) is 18.4 Å². The second-order valence-electron chi connectivity index (χ2n) is 9.03. The molecule has 0 aromatic heterocycles. The standard InChI is InChI=1S/C22H35NO3/c1-21(2)18-9-10-22(21,3)20(13-18)26-16-19(25)15-23(11-12-24)14-17-7-5-4-6-8-17/h4-8,18-20,24-25H,9-16H2,1-3H3/t18-,19-,20-,22-/m0/s1. The lowest BCUT2D eigenvalue weighted by Crippen LogP contribution is -2.41. The lowest BCUT2D eigenvalue weighted by atomic mass is 9.70. The number of aliphatic hydroxyl groups is 2. The third-order valence-corrected chi connectivity index (χ3v) is 7.34. The predicted octanol–water partition coefficient (Wildman–Crippen LogP) is 3.07. The fourth-order valence-corrected chi connectivity index (χ4v) is 5.18. The van der Waals surface area contributed by atoms with E-state index in [0.717, 1.165) is 18.9 Å². The van der Waals surface area contributed by atoms with Gasteiger partial charge in [0.1, 0.15) is 0 Å². The van der Waals surface area contributed by atoms with Gasteiger partial charge in [-0.15, -0.1) is 0 Å². The average Bonchev–Trinajstić information content (AvgIpc) is 2.94. The maximum absolute atomic E-state index is 10.5. The topological polar surface area (TPSA) is 52.9 Å². The number of ether oxygens (including phenoxy) is 1. The smallest absolute Gasteiger partial charge is 0.0900 e. The molecule has 2 fully saturated rings. The Hall–Kier alpha value is -0.940. The van der Waals surface area contributed by atoms with Crippen LogP contribution in [0.5, 0.6) is 0 Å². The molecule has 0 heterocycles. The molecule has 2 N–H and O–H groups in total. The molecule has 2 aliphatic carbocycles. The second kappa shape index (κ2) is 7.97. The van der Waals surface area contributed by atoms with E-state index in [2.05, 4.69) is 37.8 Å². The van der Waals surface area contributed by atoms with Crippen molar-refractivity contribution in [1.82, 2.24) is 4.90 Å². The molecule has 1 aromatic carbocycles. The average molecular weight is 362 g/mol. The van der Waals surface area contributed by atoms with E-state index in [1.807, 2.05) is 18.2 Å². The van der Waals surface area contributed by atoms with Crippen molar-refractivity contribution in [3.05, 3.63) is 35.9 Å². The minimum atomic E-state index is -0.531. The van der Waals surface area contributed by atoms with Crippen molar-refractivity contribution < 1.29 is 14.9 Å². The zero-order valence-corrected chi connectivity index (χ0v) is 16.5. The number of nitrogens with zero attached hydrogens (tertiary/aromatic N) is 1. The SMILES string of the molecule is CC1(C)[C@H]2CC[C@@]1(C)[C@@H](OC[C@@H](O)CN(CCO)Cc1ccccc1)C2. The van der Waals surface area contributed by atoms with Crippen molar-refractivity contribution in [2.24, 2.45) is 16.7 Å². The first-order valence-electron chi connectivity index (χ1n) is 10.0. The Bertz CT molecular complexity index is 576. The molecule has 0 unspecified atom stereocenters. The van der Waals surface area contributed by atoms with Gasteiger partial charge in [0.25, 0.3) is 0 Å². The van der Waals surface area contributed by atoms with Crippen LogP contribution in [0.15, 0.2) is 30.3 Å². The molecule has 2 saturated carbocycles. The molecule has 4 atom stereocenters. The van der Waals surface area contributed by atoms with E-state index < -0.39 is 6.10 Å². The lowest BCUT2D eigenvalue weighted by Gasteiger charge is -2.39.